The Labute approximate surface area is 246 Å². The average Bonchev–Trinajstić information content (AvgIpc) is 3.00. The molecule has 2 saturated heterocycles. The van der Waals surface area contributed by atoms with Crippen LogP contribution in [0.4, 0.5) is 4.39 Å². The molecule has 230 valence electrons. The number of rotatable bonds is 13. The van der Waals surface area contributed by atoms with Crippen molar-refractivity contribution in [3.63, 3.8) is 0 Å². The van der Waals surface area contributed by atoms with Crippen LogP contribution in [0.2, 0.25) is 0 Å². The SMILES string of the molecule is COCCCOc1ccc(C[C@H](NC(=O)[C@@H]2CCCCN2S(=O)(=O)c2cccc(F)c2)C(=O)NC2CCOCC2)cc1. The predicted molar refractivity (Wildman–Crippen MR) is 154 cm³/mol. The molecule has 0 saturated carbocycles. The molecule has 0 unspecified atom stereocenters. The number of methoxy groups -OCH3 is 1. The Morgan fingerprint density at radius 2 is 1.83 bits per heavy atom. The lowest BCUT2D eigenvalue weighted by Gasteiger charge is -2.34. The van der Waals surface area contributed by atoms with Gasteiger partial charge in [-0.25, -0.2) is 12.8 Å². The van der Waals surface area contributed by atoms with E-state index in [9.17, 15) is 22.4 Å². The van der Waals surface area contributed by atoms with Crippen molar-refractivity contribution in [3.05, 3.63) is 59.9 Å². The van der Waals surface area contributed by atoms with Crippen molar-refractivity contribution in [2.24, 2.45) is 0 Å². The van der Waals surface area contributed by atoms with Crippen LogP contribution < -0.4 is 15.4 Å². The van der Waals surface area contributed by atoms with Crippen molar-refractivity contribution in [1.29, 1.82) is 0 Å². The first-order valence-electron chi connectivity index (χ1n) is 14.4. The van der Waals surface area contributed by atoms with E-state index >= 15 is 0 Å². The van der Waals surface area contributed by atoms with Crippen molar-refractivity contribution in [2.45, 2.75) is 68.0 Å². The van der Waals surface area contributed by atoms with E-state index in [-0.39, 0.29) is 29.8 Å². The number of nitrogens with one attached hydrogen (secondary N) is 2. The Bertz CT molecular complexity index is 1290. The zero-order chi connectivity index (χ0) is 30.0. The summed E-state index contributed by atoms with van der Waals surface area (Å²) in [6.07, 6.45) is 3.82. The first-order valence-corrected chi connectivity index (χ1v) is 15.9. The van der Waals surface area contributed by atoms with E-state index in [0.29, 0.717) is 64.3 Å². The summed E-state index contributed by atoms with van der Waals surface area (Å²) < 4.78 is 58.0. The summed E-state index contributed by atoms with van der Waals surface area (Å²) in [5.74, 6) is -0.891. The molecule has 42 heavy (non-hydrogen) atoms. The van der Waals surface area contributed by atoms with Gasteiger partial charge in [0.05, 0.1) is 11.5 Å². The van der Waals surface area contributed by atoms with Gasteiger partial charge in [-0.2, -0.15) is 4.31 Å². The molecule has 2 atom stereocenters. The molecule has 2 aromatic carbocycles. The Balaban J connectivity index is 1.49. The standard InChI is InChI=1S/C30H40FN3O7S/c1-39-16-5-17-41-25-11-9-22(10-12-25)20-27(29(35)32-24-13-18-40-19-14-24)33-30(36)28-8-2-3-15-34(28)42(37,38)26-7-4-6-23(31)21-26/h4,6-7,9-12,21,24,27-28H,2-3,5,8,13-20H2,1H3,(H,32,35)(H,33,36)/t27-,28-/m0/s1. The van der Waals surface area contributed by atoms with E-state index in [2.05, 4.69) is 10.6 Å². The summed E-state index contributed by atoms with van der Waals surface area (Å²) in [5.41, 5.74) is 0.805. The highest BCUT2D eigenvalue weighted by molar-refractivity contribution is 7.89. The molecular formula is C30H40FN3O7S. The van der Waals surface area contributed by atoms with Crippen molar-refractivity contribution < 1.29 is 36.6 Å². The van der Waals surface area contributed by atoms with Crippen LogP contribution in [0.15, 0.2) is 53.4 Å². The van der Waals surface area contributed by atoms with Gasteiger partial charge in [-0.05, 0) is 61.6 Å². The third kappa shape index (κ3) is 8.73. The van der Waals surface area contributed by atoms with Gasteiger partial charge < -0.3 is 24.8 Å². The zero-order valence-electron chi connectivity index (χ0n) is 23.9. The lowest BCUT2D eigenvalue weighted by molar-refractivity contribution is -0.132. The molecule has 2 aliphatic rings. The van der Waals surface area contributed by atoms with Crippen LogP contribution in [0.1, 0.15) is 44.1 Å². The highest BCUT2D eigenvalue weighted by atomic mass is 32.2. The van der Waals surface area contributed by atoms with Crippen LogP contribution in [0.3, 0.4) is 0 Å². The Hall–Kier alpha value is -3.06. The minimum absolute atomic E-state index is 0.0759. The molecule has 12 heteroatoms. The molecule has 0 radical (unpaired) electrons. The lowest BCUT2D eigenvalue weighted by atomic mass is 10.0. The lowest BCUT2D eigenvalue weighted by Crippen LogP contribution is -2.57. The molecule has 0 spiro atoms. The van der Waals surface area contributed by atoms with Crippen molar-refractivity contribution in [3.8, 4) is 5.75 Å². The predicted octanol–water partition coefficient (Wildman–Crippen LogP) is 2.81. The number of carbonyl (C=O) groups is 2. The summed E-state index contributed by atoms with van der Waals surface area (Å²) in [5, 5.41) is 5.87. The molecule has 4 rings (SSSR count). The number of benzene rings is 2. The highest BCUT2D eigenvalue weighted by Crippen LogP contribution is 2.26. The molecule has 2 amide bonds. The van der Waals surface area contributed by atoms with Crippen LogP contribution in [0.5, 0.6) is 5.75 Å². The van der Waals surface area contributed by atoms with E-state index < -0.39 is 33.8 Å². The normalized spacial score (nSPS) is 19.1. The van der Waals surface area contributed by atoms with Gasteiger partial charge in [0.2, 0.25) is 21.8 Å². The number of hydrogen-bond acceptors (Lipinski definition) is 7. The largest absolute Gasteiger partial charge is 0.494 e. The van der Waals surface area contributed by atoms with E-state index in [4.69, 9.17) is 14.2 Å². The van der Waals surface area contributed by atoms with E-state index in [1.165, 1.54) is 18.2 Å². The van der Waals surface area contributed by atoms with Crippen molar-refractivity contribution >= 4 is 21.8 Å². The fraction of sp³-hybridized carbons (Fsp3) is 0.533. The monoisotopic (exact) mass is 605 g/mol. The number of amides is 2. The topological polar surface area (TPSA) is 123 Å². The van der Waals surface area contributed by atoms with Crippen LogP contribution in [0.25, 0.3) is 0 Å². The Morgan fingerprint density at radius 1 is 1.07 bits per heavy atom. The van der Waals surface area contributed by atoms with E-state index in [1.54, 1.807) is 7.11 Å². The van der Waals surface area contributed by atoms with Crippen LogP contribution >= 0.6 is 0 Å². The summed E-state index contributed by atoms with van der Waals surface area (Å²) >= 11 is 0. The molecule has 2 aromatic rings. The van der Waals surface area contributed by atoms with Crippen LogP contribution in [-0.4, -0.2) is 82.7 Å². The molecule has 0 aromatic heterocycles. The number of piperidine rings is 1. The molecule has 0 bridgehead atoms. The molecule has 2 fully saturated rings. The highest BCUT2D eigenvalue weighted by Gasteiger charge is 2.39. The zero-order valence-corrected chi connectivity index (χ0v) is 24.7. The average molecular weight is 606 g/mol. The fourth-order valence-corrected chi connectivity index (χ4v) is 6.88. The first-order chi connectivity index (χ1) is 20.3. The summed E-state index contributed by atoms with van der Waals surface area (Å²) in [4.78, 5) is 26.9. The quantitative estimate of drug-likeness (QED) is 0.337. The van der Waals surface area contributed by atoms with E-state index in [1.807, 2.05) is 24.3 Å². The second-order valence-electron chi connectivity index (χ2n) is 10.6. The molecule has 2 aliphatic heterocycles. The Kier molecular flexibility index (Phi) is 11.7. The summed E-state index contributed by atoms with van der Waals surface area (Å²) in [6, 6.07) is 10.0. The molecule has 10 nitrogen and oxygen atoms in total. The van der Waals surface area contributed by atoms with Gasteiger partial charge in [0.15, 0.2) is 0 Å². The third-order valence-corrected chi connectivity index (χ3v) is 9.39. The first kappa shape index (κ1) is 31.9. The fourth-order valence-electron chi connectivity index (χ4n) is 5.19. The number of halogens is 1. The number of nitrogens with zero attached hydrogens (tertiary/aromatic N) is 1. The minimum atomic E-state index is -4.14. The van der Waals surface area contributed by atoms with Crippen LogP contribution in [-0.2, 0) is 35.5 Å². The summed E-state index contributed by atoms with van der Waals surface area (Å²) in [7, 11) is -2.50. The van der Waals surface area contributed by atoms with Gasteiger partial charge in [-0.3, -0.25) is 9.59 Å². The molecule has 2 N–H and O–H groups in total. The second-order valence-corrected chi connectivity index (χ2v) is 12.5. The number of hydrogen-bond donors (Lipinski definition) is 2. The maximum Gasteiger partial charge on any atom is 0.243 e. The number of sulfonamides is 1. The summed E-state index contributed by atoms with van der Waals surface area (Å²) in [6.45, 7) is 2.33. The Morgan fingerprint density at radius 3 is 2.55 bits per heavy atom. The molecule has 2 heterocycles. The van der Waals surface area contributed by atoms with Gasteiger partial charge in [-0.1, -0.05) is 24.6 Å². The van der Waals surface area contributed by atoms with E-state index in [0.717, 1.165) is 22.4 Å². The smallest absolute Gasteiger partial charge is 0.243 e. The minimum Gasteiger partial charge on any atom is -0.494 e. The maximum absolute atomic E-state index is 13.9. The number of carbonyl (C=O) groups excluding carboxylic acids is 2. The third-order valence-electron chi connectivity index (χ3n) is 7.48. The molecular weight excluding hydrogens is 565 g/mol. The van der Waals surface area contributed by atoms with Gasteiger partial charge in [0, 0.05) is 52.4 Å². The van der Waals surface area contributed by atoms with Gasteiger partial charge in [0.1, 0.15) is 23.7 Å². The second kappa shape index (κ2) is 15.4. The molecule has 0 aliphatic carbocycles. The van der Waals surface area contributed by atoms with Crippen molar-refractivity contribution in [1.82, 2.24) is 14.9 Å². The number of ether oxygens (including phenoxy) is 3. The van der Waals surface area contributed by atoms with Crippen molar-refractivity contribution in [2.75, 3.05) is 40.1 Å². The van der Waals surface area contributed by atoms with Gasteiger partial charge >= 0.3 is 0 Å². The van der Waals surface area contributed by atoms with Gasteiger partial charge in [0.25, 0.3) is 0 Å². The maximum atomic E-state index is 13.9. The van der Waals surface area contributed by atoms with Gasteiger partial charge in [-0.15, -0.1) is 0 Å². The van der Waals surface area contributed by atoms with Crippen LogP contribution in [0, 0.1) is 5.82 Å².